The van der Waals surface area contributed by atoms with Crippen LogP contribution in [0.5, 0.6) is 5.75 Å². The number of carbonyl (C=O) groups is 1. The SMILES string of the molecule is CCNCc1cccc(C)c1OCC(=O)OC(C)C. The first-order chi connectivity index (χ1) is 9.04. The van der Waals surface area contributed by atoms with Gasteiger partial charge in [0.25, 0.3) is 0 Å². The minimum Gasteiger partial charge on any atom is -0.481 e. The summed E-state index contributed by atoms with van der Waals surface area (Å²) in [4.78, 5) is 11.5. The zero-order valence-corrected chi connectivity index (χ0v) is 12.2. The lowest BCUT2D eigenvalue weighted by Gasteiger charge is -2.14. The van der Waals surface area contributed by atoms with Crippen LogP contribution in [-0.2, 0) is 16.1 Å². The summed E-state index contributed by atoms with van der Waals surface area (Å²) in [6.07, 6.45) is -0.116. The van der Waals surface area contributed by atoms with Crippen molar-refractivity contribution in [1.29, 1.82) is 0 Å². The smallest absolute Gasteiger partial charge is 0.344 e. The van der Waals surface area contributed by atoms with Gasteiger partial charge in [-0.25, -0.2) is 4.79 Å². The Balaban J connectivity index is 2.68. The maximum Gasteiger partial charge on any atom is 0.344 e. The third-order valence-corrected chi connectivity index (χ3v) is 2.56. The van der Waals surface area contributed by atoms with Crippen LogP contribution < -0.4 is 10.1 Å². The van der Waals surface area contributed by atoms with Crippen molar-refractivity contribution in [2.75, 3.05) is 13.2 Å². The van der Waals surface area contributed by atoms with Crippen LogP contribution in [0, 0.1) is 6.92 Å². The number of hydrogen-bond donors (Lipinski definition) is 1. The molecular formula is C15H23NO3. The summed E-state index contributed by atoms with van der Waals surface area (Å²) in [5.74, 6) is 0.428. The van der Waals surface area contributed by atoms with Gasteiger partial charge < -0.3 is 14.8 Å². The second-order valence-electron chi connectivity index (χ2n) is 4.67. The summed E-state index contributed by atoms with van der Waals surface area (Å²) in [5.41, 5.74) is 2.08. The molecule has 0 spiro atoms. The van der Waals surface area contributed by atoms with Crippen LogP contribution in [0.1, 0.15) is 31.9 Å². The normalized spacial score (nSPS) is 10.6. The van der Waals surface area contributed by atoms with Crippen molar-refractivity contribution in [2.24, 2.45) is 0 Å². The standard InChI is InChI=1S/C15H23NO3/c1-5-16-9-13-8-6-7-12(4)15(13)18-10-14(17)19-11(2)3/h6-8,11,16H,5,9-10H2,1-4H3. The monoisotopic (exact) mass is 265 g/mol. The van der Waals surface area contributed by atoms with Gasteiger partial charge in [-0.15, -0.1) is 0 Å². The average Bonchev–Trinajstić information content (AvgIpc) is 2.34. The molecule has 1 aromatic carbocycles. The second-order valence-corrected chi connectivity index (χ2v) is 4.67. The first-order valence-electron chi connectivity index (χ1n) is 6.66. The Hall–Kier alpha value is -1.55. The fraction of sp³-hybridized carbons (Fsp3) is 0.533. The number of hydrogen-bond acceptors (Lipinski definition) is 4. The third-order valence-electron chi connectivity index (χ3n) is 2.56. The summed E-state index contributed by atoms with van der Waals surface area (Å²) in [5, 5.41) is 3.26. The molecule has 0 saturated carbocycles. The summed E-state index contributed by atoms with van der Waals surface area (Å²) in [6, 6.07) is 5.96. The van der Waals surface area contributed by atoms with Gasteiger partial charge in [-0.05, 0) is 32.9 Å². The molecule has 0 saturated heterocycles. The van der Waals surface area contributed by atoms with Crippen LogP contribution in [-0.4, -0.2) is 25.2 Å². The van der Waals surface area contributed by atoms with Crippen molar-refractivity contribution in [1.82, 2.24) is 5.32 Å². The number of rotatable bonds is 7. The molecule has 0 aromatic heterocycles. The van der Waals surface area contributed by atoms with Crippen molar-refractivity contribution >= 4 is 5.97 Å². The molecule has 0 unspecified atom stereocenters. The van der Waals surface area contributed by atoms with Gasteiger partial charge >= 0.3 is 5.97 Å². The molecule has 0 fully saturated rings. The molecule has 0 aliphatic rings. The molecule has 0 bridgehead atoms. The van der Waals surface area contributed by atoms with Gasteiger partial charge in [-0.2, -0.15) is 0 Å². The van der Waals surface area contributed by atoms with E-state index in [0.29, 0.717) is 0 Å². The van der Waals surface area contributed by atoms with E-state index in [1.165, 1.54) is 0 Å². The highest BCUT2D eigenvalue weighted by molar-refractivity contribution is 5.71. The highest BCUT2D eigenvalue weighted by Gasteiger charge is 2.11. The molecule has 106 valence electrons. The predicted molar refractivity (Wildman–Crippen MR) is 75.3 cm³/mol. The zero-order valence-electron chi connectivity index (χ0n) is 12.2. The molecule has 0 aliphatic heterocycles. The molecule has 1 aromatic rings. The average molecular weight is 265 g/mol. The number of aryl methyl sites for hydroxylation is 1. The first kappa shape index (κ1) is 15.5. The summed E-state index contributed by atoms with van der Waals surface area (Å²) < 4.78 is 10.7. The zero-order chi connectivity index (χ0) is 14.3. The largest absolute Gasteiger partial charge is 0.481 e. The van der Waals surface area contributed by atoms with Crippen LogP contribution in [0.4, 0.5) is 0 Å². The summed E-state index contributed by atoms with van der Waals surface area (Å²) in [7, 11) is 0. The van der Waals surface area contributed by atoms with Gasteiger partial charge in [0.2, 0.25) is 0 Å². The van der Waals surface area contributed by atoms with Gasteiger partial charge in [0.1, 0.15) is 5.75 Å². The highest BCUT2D eigenvalue weighted by atomic mass is 16.6. The first-order valence-corrected chi connectivity index (χ1v) is 6.66. The van der Waals surface area contributed by atoms with Crippen molar-refractivity contribution in [3.05, 3.63) is 29.3 Å². The molecule has 19 heavy (non-hydrogen) atoms. The van der Waals surface area contributed by atoms with E-state index in [0.717, 1.165) is 30.0 Å². The maximum atomic E-state index is 11.5. The molecule has 0 amide bonds. The minimum absolute atomic E-state index is 0.0534. The van der Waals surface area contributed by atoms with Gasteiger partial charge in [-0.1, -0.05) is 25.1 Å². The molecule has 1 N–H and O–H groups in total. The van der Waals surface area contributed by atoms with E-state index < -0.39 is 0 Å². The van der Waals surface area contributed by atoms with Gasteiger partial charge in [0.05, 0.1) is 6.10 Å². The lowest BCUT2D eigenvalue weighted by molar-refractivity contribution is -0.149. The number of carbonyl (C=O) groups excluding carboxylic acids is 1. The molecule has 4 nitrogen and oxygen atoms in total. The van der Waals surface area contributed by atoms with E-state index in [1.807, 2.05) is 39.0 Å². The van der Waals surface area contributed by atoms with Crippen LogP contribution in [0.15, 0.2) is 18.2 Å². The highest BCUT2D eigenvalue weighted by Crippen LogP contribution is 2.23. The third kappa shape index (κ3) is 5.30. The predicted octanol–water partition coefficient (Wildman–Crippen LogP) is 2.43. The summed E-state index contributed by atoms with van der Waals surface area (Å²) >= 11 is 0. The van der Waals surface area contributed by atoms with Gasteiger partial charge in [0, 0.05) is 12.1 Å². The molecule has 0 aliphatic carbocycles. The van der Waals surface area contributed by atoms with Crippen molar-refractivity contribution in [3.8, 4) is 5.75 Å². The van der Waals surface area contributed by atoms with Crippen molar-refractivity contribution < 1.29 is 14.3 Å². The molecule has 4 heteroatoms. The van der Waals surface area contributed by atoms with Gasteiger partial charge in [-0.3, -0.25) is 0 Å². The van der Waals surface area contributed by atoms with Crippen molar-refractivity contribution in [3.63, 3.8) is 0 Å². The second kappa shape index (κ2) is 7.79. The van der Waals surface area contributed by atoms with E-state index in [9.17, 15) is 4.79 Å². The maximum absolute atomic E-state index is 11.5. The number of para-hydroxylation sites is 1. The Kier molecular flexibility index (Phi) is 6.36. The Morgan fingerprint density at radius 3 is 2.74 bits per heavy atom. The lowest BCUT2D eigenvalue weighted by atomic mass is 10.1. The van der Waals surface area contributed by atoms with Crippen LogP contribution in [0.2, 0.25) is 0 Å². The van der Waals surface area contributed by atoms with E-state index in [4.69, 9.17) is 9.47 Å². The Morgan fingerprint density at radius 1 is 1.37 bits per heavy atom. The van der Waals surface area contributed by atoms with Crippen LogP contribution in [0.3, 0.4) is 0 Å². The summed E-state index contributed by atoms with van der Waals surface area (Å²) in [6.45, 7) is 9.23. The molecular weight excluding hydrogens is 242 g/mol. The Bertz CT molecular complexity index is 416. The molecule has 0 radical (unpaired) electrons. The Labute approximate surface area is 115 Å². The number of ether oxygens (including phenoxy) is 2. The minimum atomic E-state index is -0.340. The van der Waals surface area contributed by atoms with E-state index in [1.54, 1.807) is 0 Å². The van der Waals surface area contributed by atoms with E-state index in [2.05, 4.69) is 12.2 Å². The van der Waals surface area contributed by atoms with Gasteiger partial charge in [0.15, 0.2) is 6.61 Å². The topological polar surface area (TPSA) is 47.6 Å². The fourth-order valence-electron chi connectivity index (χ4n) is 1.75. The molecule has 0 atom stereocenters. The van der Waals surface area contributed by atoms with Crippen molar-refractivity contribution in [2.45, 2.75) is 40.3 Å². The number of nitrogens with one attached hydrogen (secondary N) is 1. The van der Waals surface area contributed by atoms with E-state index in [-0.39, 0.29) is 18.7 Å². The molecule has 0 heterocycles. The van der Waals surface area contributed by atoms with Crippen LogP contribution >= 0.6 is 0 Å². The molecule has 1 rings (SSSR count). The lowest BCUT2D eigenvalue weighted by Crippen LogP contribution is -2.20. The number of esters is 1. The van der Waals surface area contributed by atoms with Crippen LogP contribution in [0.25, 0.3) is 0 Å². The quantitative estimate of drug-likeness (QED) is 0.769. The number of benzene rings is 1. The van der Waals surface area contributed by atoms with E-state index >= 15 is 0 Å². The fourth-order valence-corrected chi connectivity index (χ4v) is 1.75. The Morgan fingerprint density at radius 2 is 2.11 bits per heavy atom.